The van der Waals surface area contributed by atoms with Gasteiger partial charge in [-0.15, -0.1) is 5.10 Å². The molecule has 1 amide bonds. The van der Waals surface area contributed by atoms with Crippen molar-refractivity contribution in [2.24, 2.45) is 5.92 Å². The van der Waals surface area contributed by atoms with Crippen molar-refractivity contribution in [1.29, 1.82) is 0 Å². The summed E-state index contributed by atoms with van der Waals surface area (Å²) in [5.41, 5.74) is 3.64. The molecule has 9 nitrogen and oxygen atoms in total. The molecule has 3 heterocycles. The van der Waals surface area contributed by atoms with Crippen LogP contribution in [0.4, 0.5) is 5.95 Å². The molecule has 2 aliphatic carbocycles. The van der Waals surface area contributed by atoms with Crippen molar-refractivity contribution in [3.05, 3.63) is 23.5 Å². The van der Waals surface area contributed by atoms with Crippen molar-refractivity contribution in [1.82, 2.24) is 24.4 Å². The third-order valence-corrected chi connectivity index (χ3v) is 8.81. The number of carbonyl (C=O) groups excluding carboxylic acids is 1. The van der Waals surface area contributed by atoms with Crippen LogP contribution < -0.4 is 5.32 Å². The first-order valence-corrected chi connectivity index (χ1v) is 14.2. The highest BCUT2D eigenvalue weighted by molar-refractivity contribution is 5.79. The van der Waals surface area contributed by atoms with Crippen LogP contribution in [0.5, 0.6) is 0 Å². The van der Waals surface area contributed by atoms with Crippen LogP contribution >= 0.6 is 0 Å². The summed E-state index contributed by atoms with van der Waals surface area (Å²) in [4.78, 5) is 22.2. The van der Waals surface area contributed by atoms with Crippen molar-refractivity contribution in [3.63, 3.8) is 0 Å². The molecule has 2 N–H and O–H groups in total. The fraction of sp³-hybridized carbons (Fsp3) is 0.750. The summed E-state index contributed by atoms with van der Waals surface area (Å²) in [5, 5.41) is 18.4. The second kappa shape index (κ2) is 11.7. The Morgan fingerprint density at radius 2 is 1.76 bits per heavy atom. The topological polar surface area (TPSA) is 95.2 Å². The Morgan fingerprint density at radius 3 is 2.43 bits per heavy atom. The lowest BCUT2D eigenvalue weighted by Gasteiger charge is -2.36. The number of carbonyl (C=O) groups is 1. The van der Waals surface area contributed by atoms with E-state index in [-0.39, 0.29) is 18.1 Å². The number of amides is 1. The Kier molecular flexibility index (Phi) is 8.31. The van der Waals surface area contributed by atoms with E-state index in [0.717, 1.165) is 83.1 Å². The molecule has 2 saturated carbocycles. The summed E-state index contributed by atoms with van der Waals surface area (Å²) in [6.07, 6.45) is 9.37. The normalized spacial score (nSPS) is 28.4. The van der Waals surface area contributed by atoms with Gasteiger partial charge >= 0.3 is 0 Å². The Hall–Kier alpha value is -2.23. The molecule has 3 aliphatic rings. The molecule has 0 bridgehead atoms. The summed E-state index contributed by atoms with van der Waals surface area (Å²) in [6, 6.07) is 2.47. The number of aliphatic hydroxyl groups is 1. The van der Waals surface area contributed by atoms with Crippen LogP contribution in [0.3, 0.4) is 0 Å². The molecule has 0 radical (unpaired) electrons. The minimum atomic E-state index is -0.184. The van der Waals surface area contributed by atoms with Gasteiger partial charge in [0.1, 0.15) is 0 Å². The lowest BCUT2D eigenvalue weighted by Crippen LogP contribution is -2.49. The van der Waals surface area contributed by atoms with Gasteiger partial charge in [-0.2, -0.15) is 0 Å². The van der Waals surface area contributed by atoms with Gasteiger partial charge in [0, 0.05) is 56.9 Å². The van der Waals surface area contributed by atoms with E-state index in [9.17, 15) is 9.90 Å². The van der Waals surface area contributed by atoms with Gasteiger partial charge in [0.2, 0.25) is 11.9 Å². The molecule has 0 unspecified atom stereocenters. The van der Waals surface area contributed by atoms with Gasteiger partial charge in [0.05, 0.1) is 24.4 Å². The number of likely N-dealkylation sites (N-methyl/N-ethyl adjacent to an activating group) is 1. The largest absolute Gasteiger partial charge is 0.393 e. The van der Waals surface area contributed by atoms with Crippen LogP contribution in [0, 0.1) is 5.92 Å². The van der Waals surface area contributed by atoms with Crippen molar-refractivity contribution in [2.75, 3.05) is 52.3 Å². The Balaban J connectivity index is 1.34. The first-order valence-electron chi connectivity index (χ1n) is 14.2. The van der Waals surface area contributed by atoms with Gasteiger partial charge in [-0.05, 0) is 82.9 Å². The maximum atomic E-state index is 13.2. The summed E-state index contributed by atoms with van der Waals surface area (Å²) in [7, 11) is 3.82. The van der Waals surface area contributed by atoms with Gasteiger partial charge in [-0.3, -0.25) is 4.79 Å². The molecule has 37 heavy (non-hydrogen) atoms. The molecule has 1 atom stereocenters. The van der Waals surface area contributed by atoms with Crippen LogP contribution in [-0.4, -0.2) is 94.5 Å². The smallest absolute Gasteiger partial charge is 0.241 e. The molecule has 1 saturated heterocycles. The number of nitrogens with one attached hydrogen (secondary N) is 1. The molecule has 0 spiro atoms. The fourth-order valence-electron chi connectivity index (χ4n) is 6.54. The van der Waals surface area contributed by atoms with E-state index in [0.29, 0.717) is 30.3 Å². The SMILES string of the molecule is COC[C@H](C)Nc1ncc2c([C@H]3CC[C@@H](C(=O)N4CCN(C)CC4)CC3)cc([C@H]3CC[C@H](O)CC3)n2n1. The summed E-state index contributed by atoms with van der Waals surface area (Å²) >= 11 is 0. The second-order valence-corrected chi connectivity index (χ2v) is 11.6. The van der Waals surface area contributed by atoms with E-state index >= 15 is 0 Å². The molecule has 0 aromatic carbocycles. The molecule has 2 aromatic rings. The average Bonchev–Trinajstić information content (AvgIpc) is 3.28. The maximum absolute atomic E-state index is 13.2. The number of hydrogen-bond donors (Lipinski definition) is 2. The summed E-state index contributed by atoms with van der Waals surface area (Å²) in [6.45, 7) is 6.30. The highest BCUT2D eigenvalue weighted by Crippen LogP contribution is 2.42. The number of methoxy groups -OCH3 is 1. The van der Waals surface area contributed by atoms with Crippen molar-refractivity contribution in [2.45, 2.75) is 82.3 Å². The monoisotopic (exact) mass is 512 g/mol. The zero-order valence-electron chi connectivity index (χ0n) is 22.7. The van der Waals surface area contributed by atoms with Gasteiger partial charge in [-0.25, -0.2) is 9.50 Å². The van der Waals surface area contributed by atoms with Gasteiger partial charge in [0.15, 0.2) is 0 Å². The van der Waals surface area contributed by atoms with E-state index < -0.39 is 0 Å². The number of ether oxygens (including phenoxy) is 1. The molecular formula is C28H44N6O3. The first-order chi connectivity index (χ1) is 17.9. The van der Waals surface area contributed by atoms with Crippen LogP contribution in [0.1, 0.15) is 81.4 Å². The van der Waals surface area contributed by atoms with E-state index in [4.69, 9.17) is 9.84 Å². The highest BCUT2D eigenvalue weighted by Gasteiger charge is 2.33. The predicted octanol–water partition coefficient (Wildman–Crippen LogP) is 3.24. The van der Waals surface area contributed by atoms with Crippen LogP contribution in [0.25, 0.3) is 5.52 Å². The molecule has 5 rings (SSSR count). The lowest BCUT2D eigenvalue weighted by atomic mass is 9.78. The van der Waals surface area contributed by atoms with Gasteiger partial charge < -0.3 is 25.0 Å². The Labute approximate surface area is 220 Å². The molecule has 3 fully saturated rings. The zero-order chi connectivity index (χ0) is 25.9. The van der Waals surface area contributed by atoms with E-state index in [1.165, 1.54) is 11.3 Å². The van der Waals surface area contributed by atoms with Crippen molar-refractivity contribution >= 4 is 17.4 Å². The number of rotatable bonds is 7. The number of fused-ring (bicyclic) bond motifs is 1. The zero-order valence-corrected chi connectivity index (χ0v) is 22.7. The third kappa shape index (κ3) is 5.94. The van der Waals surface area contributed by atoms with E-state index in [1.54, 1.807) is 7.11 Å². The number of aromatic nitrogens is 3. The third-order valence-electron chi connectivity index (χ3n) is 8.81. The molecular weight excluding hydrogens is 468 g/mol. The van der Waals surface area contributed by atoms with Gasteiger partial charge in [0.25, 0.3) is 0 Å². The minimum absolute atomic E-state index is 0.110. The standard InChI is InChI=1S/C28H44N6O3/c1-19(18-37-3)30-28-29-17-26-24(16-25(34(26)31-28)21-8-10-23(35)11-9-21)20-4-6-22(7-5-20)27(36)33-14-12-32(2)13-15-33/h16-17,19-23,35H,4-15,18H2,1-3H3,(H,30,31)/t19-,20-,21-,22+,23-/m0/s1. The van der Waals surface area contributed by atoms with E-state index in [2.05, 4.69) is 44.7 Å². The Morgan fingerprint density at radius 1 is 1.08 bits per heavy atom. The van der Waals surface area contributed by atoms with E-state index in [1.807, 2.05) is 6.20 Å². The summed E-state index contributed by atoms with van der Waals surface area (Å²) in [5.74, 6) is 1.93. The number of piperazine rings is 1. The first kappa shape index (κ1) is 26.4. The molecule has 1 aliphatic heterocycles. The molecule has 2 aromatic heterocycles. The molecule has 9 heteroatoms. The number of nitrogens with zero attached hydrogens (tertiary/aromatic N) is 5. The highest BCUT2D eigenvalue weighted by atomic mass is 16.5. The van der Waals surface area contributed by atoms with Crippen molar-refractivity contribution in [3.8, 4) is 0 Å². The number of hydrogen-bond acceptors (Lipinski definition) is 7. The fourth-order valence-corrected chi connectivity index (χ4v) is 6.54. The second-order valence-electron chi connectivity index (χ2n) is 11.6. The average molecular weight is 513 g/mol. The maximum Gasteiger partial charge on any atom is 0.241 e. The van der Waals surface area contributed by atoms with Gasteiger partial charge in [-0.1, -0.05) is 0 Å². The quantitative estimate of drug-likeness (QED) is 0.588. The van der Waals surface area contributed by atoms with Crippen LogP contribution in [-0.2, 0) is 9.53 Å². The van der Waals surface area contributed by atoms with Crippen LogP contribution in [0.15, 0.2) is 12.3 Å². The van der Waals surface area contributed by atoms with Crippen molar-refractivity contribution < 1.29 is 14.6 Å². The molecule has 204 valence electrons. The Bertz CT molecular complexity index is 1050. The lowest BCUT2D eigenvalue weighted by molar-refractivity contribution is -0.138. The summed E-state index contributed by atoms with van der Waals surface area (Å²) < 4.78 is 7.37. The minimum Gasteiger partial charge on any atom is -0.393 e. The number of aliphatic hydroxyl groups excluding tert-OH is 1. The number of anilines is 1. The van der Waals surface area contributed by atoms with Crippen LogP contribution in [0.2, 0.25) is 0 Å². The predicted molar refractivity (Wildman–Crippen MR) is 144 cm³/mol.